The summed E-state index contributed by atoms with van der Waals surface area (Å²) in [7, 11) is 1.62. The van der Waals surface area contributed by atoms with Crippen molar-refractivity contribution in [1.82, 2.24) is 4.90 Å². The minimum Gasteiger partial charge on any atom is -0.383 e. The summed E-state index contributed by atoms with van der Waals surface area (Å²) in [6.45, 7) is 2.98. The number of benzene rings is 1. The van der Waals surface area contributed by atoms with Crippen LogP contribution in [0.1, 0.15) is 39.0 Å². The fourth-order valence-electron chi connectivity index (χ4n) is 3.87. The van der Waals surface area contributed by atoms with Crippen molar-refractivity contribution in [2.75, 3.05) is 25.6 Å². The fraction of sp³-hybridized carbons (Fsp3) is 0.550. The molecule has 1 aromatic carbocycles. The number of halogens is 1. The molecule has 0 saturated heterocycles. The van der Waals surface area contributed by atoms with Crippen molar-refractivity contribution >= 4 is 23.3 Å². The minimum atomic E-state index is -0.717. The summed E-state index contributed by atoms with van der Waals surface area (Å²) in [6, 6.07) is 5.73. The Hall–Kier alpha value is -2.28. The molecule has 1 spiro atoms. The maximum absolute atomic E-state index is 13.0. The lowest BCUT2D eigenvalue weighted by Gasteiger charge is -2.33. The van der Waals surface area contributed by atoms with Crippen molar-refractivity contribution in [1.29, 1.82) is 0 Å². The zero-order chi connectivity index (χ0) is 19.4. The quantitative estimate of drug-likeness (QED) is 0.831. The average Bonchev–Trinajstić information content (AvgIpc) is 2.93. The summed E-state index contributed by atoms with van der Waals surface area (Å²) < 4.78 is 18.1. The highest BCUT2D eigenvalue weighted by Crippen LogP contribution is 2.40. The van der Waals surface area contributed by atoms with Crippen LogP contribution in [0, 0.1) is 11.7 Å². The second-order valence-electron chi connectivity index (χ2n) is 7.13. The van der Waals surface area contributed by atoms with Crippen molar-refractivity contribution in [3.05, 3.63) is 30.1 Å². The maximum atomic E-state index is 13.0. The molecule has 1 aromatic rings. The molecule has 1 aliphatic carbocycles. The van der Waals surface area contributed by atoms with Gasteiger partial charge in [0.25, 0.3) is 5.91 Å². The van der Waals surface area contributed by atoms with Gasteiger partial charge in [0.15, 0.2) is 0 Å². The number of nitrogens with zero attached hydrogens (tertiary/aromatic N) is 2. The number of hydrogen-bond donors (Lipinski definition) is 1. The lowest BCUT2D eigenvalue weighted by atomic mass is 9.76. The number of anilines is 1. The number of amides is 2. The van der Waals surface area contributed by atoms with E-state index in [1.54, 1.807) is 24.1 Å². The SMILES string of the molecule is CCC1=NC2(CCC(C(=O)Nc3ccc(F)cc3)CC2)C(=O)N1CCOC. The Morgan fingerprint density at radius 3 is 2.59 bits per heavy atom. The van der Waals surface area contributed by atoms with Crippen LogP contribution in [0.4, 0.5) is 10.1 Å². The highest BCUT2D eigenvalue weighted by Gasteiger charge is 2.49. The molecule has 1 fully saturated rings. The van der Waals surface area contributed by atoms with Crippen LogP contribution in [0.3, 0.4) is 0 Å². The number of aliphatic imine (C=N–C) groups is 1. The smallest absolute Gasteiger partial charge is 0.255 e. The molecule has 146 valence electrons. The number of ether oxygens (including phenoxy) is 1. The Morgan fingerprint density at radius 1 is 1.33 bits per heavy atom. The minimum absolute atomic E-state index is 0.0359. The topological polar surface area (TPSA) is 71.0 Å². The van der Waals surface area contributed by atoms with Gasteiger partial charge in [0.2, 0.25) is 5.91 Å². The Bertz CT molecular complexity index is 724. The molecular weight excluding hydrogens is 349 g/mol. The van der Waals surface area contributed by atoms with Crippen LogP contribution in [0.15, 0.2) is 29.3 Å². The second kappa shape index (κ2) is 8.17. The van der Waals surface area contributed by atoms with Gasteiger partial charge < -0.3 is 10.1 Å². The lowest BCUT2D eigenvalue weighted by Crippen LogP contribution is -2.46. The molecule has 0 aromatic heterocycles. The monoisotopic (exact) mass is 375 g/mol. The van der Waals surface area contributed by atoms with Gasteiger partial charge in [0.05, 0.1) is 13.2 Å². The Balaban J connectivity index is 1.62. The first-order valence-electron chi connectivity index (χ1n) is 9.45. The van der Waals surface area contributed by atoms with E-state index in [4.69, 9.17) is 9.73 Å². The number of amidine groups is 1. The predicted molar refractivity (Wildman–Crippen MR) is 101 cm³/mol. The van der Waals surface area contributed by atoms with E-state index in [2.05, 4.69) is 5.32 Å². The fourth-order valence-corrected chi connectivity index (χ4v) is 3.87. The summed E-state index contributed by atoms with van der Waals surface area (Å²) in [5.74, 6) is 0.259. The maximum Gasteiger partial charge on any atom is 0.255 e. The van der Waals surface area contributed by atoms with Gasteiger partial charge in [0.1, 0.15) is 17.2 Å². The number of carbonyl (C=O) groups excluding carboxylic acids is 2. The third-order valence-electron chi connectivity index (χ3n) is 5.43. The number of hydrogen-bond acceptors (Lipinski definition) is 4. The van der Waals surface area contributed by atoms with Gasteiger partial charge in [-0.25, -0.2) is 4.39 Å². The van der Waals surface area contributed by atoms with Gasteiger partial charge >= 0.3 is 0 Å². The van der Waals surface area contributed by atoms with Crippen LogP contribution < -0.4 is 5.32 Å². The number of rotatable bonds is 6. The van der Waals surface area contributed by atoms with E-state index >= 15 is 0 Å². The zero-order valence-electron chi connectivity index (χ0n) is 15.8. The van der Waals surface area contributed by atoms with E-state index < -0.39 is 5.54 Å². The predicted octanol–water partition coefficient (Wildman–Crippen LogP) is 2.99. The van der Waals surface area contributed by atoms with Gasteiger partial charge in [-0.2, -0.15) is 0 Å². The average molecular weight is 375 g/mol. The third kappa shape index (κ3) is 4.03. The molecular formula is C20H26FN3O3. The normalized spacial score (nSPS) is 25.0. The number of nitrogens with one attached hydrogen (secondary N) is 1. The van der Waals surface area contributed by atoms with Gasteiger partial charge in [-0.3, -0.25) is 19.5 Å². The Labute approximate surface area is 158 Å². The highest BCUT2D eigenvalue weighted by molar-refractivity contribution is 6.08. The number of methoxy groups -OCH3 is 1. The molecule has 0 atom stereocenters. The molecule has 1 N–H and O–H groups in total. The van der Waals surface area contributed by atoms with Crippen LogP contribution in [-0.4, -0.2) is 48.4 Å². The van der Waals surface area contributed by atoms with Crippen LogP contribution in [0.25, 0.3) is 0 Å². The van der Waals surface area contributed by atoms with Crippen molar-refractivity contribution in [3.8, 4) is 0 Å². The first-order chi connectivity index (χ1) is 13.0. The van der Waals surface area contributed by atoms with E-state index in [9.17, 15) is 14.0 Å². The molecule has 0 radical (unpaired) electrons. The number of carbonyl (C=O) groups is 2. The van der Waals surface area contributed by atoms with Crippen LogP contribution in [-0.2, 0) is 14.3 Å². The van der Waals surface area contributed by atoms with Crippen molar-refractivity contribution in [3.63, 3.8) is 0 Å². The van der Waals surface area contributed by atoms with Crippen molar-refractivity contribution in [2.24, 2.45) is 10.9 Å². The first kappa shape index (κ1) is 19.5. The van der Waals surface area contributed by atoms with E-state index in [0.717, 1.165) is 5.84 Å². The van der Waals surface area contributed by atoms with Crippen molar-refractivity contribution < 1.29 is 18.7 Å². The third-order valence-corrected chi connectivity index (χ3v) is 5.43. The summed E-state index contributed by atoms with van der Waals surface area (Å²) in [5, 5.41) is 2.83. The lowest BCUT2D eigenvalue weighted by molar-refractivity contribution is -0.134. The van der Waals surface area contributed by atoms with Crippen LogP contribution in [0.2, 0.25) is 0 Å². The molecule has 1 aliphatic heterocycles. The first-order valence-corrected chi connectivity index (χ1v) is 9.45. The summed E-state index contributed by atoms with van der Waals surface area (Å²) >= 11 is 0. The summed E-state index contributed by atoms with van der Waals surface area (Å²) in [6.07, 6.45) is 3.06. The molecule has 2 aliphatic rings. The summed E-state index contributed by atoms with van der Waals surface area (Å²) in [4.78, 5) is 32.0. The largest absolute Gasteiger partial charge is 0.383 e. The Morgan fingerprint density at radius 2 is 2.00 bits per heavy atom. The standard InChI is InChI=1S/C20H26FN3O3/c1-3-17-23-20(19(26)24(17)12-13-27-2)10-8-14(9-11-20)18(25)22-16-6-4-15(21)5-7-16/h4-7,14H,3,8-13H2,1-2H3,(H,22,25). The van der Waals surface area contributed by atoms with Gasteiger partial charge in [-0.15, -0.1) is 0 Å². The molecule has 3 rings (SSSR count). The molecule has 1 saturated carbocycles. The highest BCUT2D eigenvalue weighted by atomic mass is 19.1. The van der Waals surface area contributed by atoms with E-state index in [1.807, 2.05) is 6.92 Å². The Kier molecular flexibility index (Phi) is 5.89. The molecule has 1 heterocycles. The van der Waals surface area contributed by atoms with E-state index in [1.165, 1.54) is 12.1 Å². The van der Waals surface area contributed by atoms with Gasteiger partial charge in [-0.1, -0.05) is 6.92 Å². The van der Waals surface area contributed by atoms with Crippen LogP contribution in [0.5, 0.6) is 0 Å². The van der Waals surface area contributed by atoms with E-state index in [0.29, 0.717) is 50.9 Å². The zero-order valence-corrected chi connectivity index (χ0v) is 15.8. The molecule has 2 amide bonds. The molecule has 0 unspecified atom stereocenters. The molecule has 6 nitrogen and oxygen atoms in total. The van der Waals surface area contributed by atoms with E-state index in [-0.39, 0.29) is 23.5 Å². The van der Waals surface area contributed by atoms with Crippen LogP contribution >= 0.6 is 0 Å². The molecule has 27 heavy (non-hydrogen) atoms. The van der Waals surface area contributed by atoms with Crippen molar-refractivity contribution in [2.45, 2.75) is 44.6 Å². The second-order valence-corrected chi connectivity index (χ2v) is 7.13. The molecule has 7 heteroatoms. The summed E-state index contributed by atoms with van der Waals surface area (Å²) in [5.41, 5.74) is -0.137. The molecule has 0 bridgehead atoms. The van der Waals surface area contributed by atoms with Gasteiger partial charge in [0, 0.05) is 25.1 Å². The van der Waals surface area contributed by atoms with Gasteiger partial charge in [-0.05, 0) is 49.9 Å².